The van der Waals surface area contributed by atoms with E-state index in [1.165, 1.54) is 19.3 Å². The minimum atomic E-state index is 0.643. The highest BCUT2D eigenvalue weighted by Gasteiger charge is 2.17. The fourth-order valence-electron chi connectivity index (χ4n) is 1.23. The molecule has 1 aromatic heterocycles. The van der Waals surface area contributed by atoms with Crippen LogP contribution in [-0.4, -0.2) is 16.8 Å². The number of aromatic nitrogens is 2. The largest absolute Gasteiger partial charge is 0.476 e. The molecule has 3 heteroatoms. The van der Waals surface area contributed by atoms with Gasteiger partial charge in [-0.1, -0.05) is 6.42 Å². The van der Waals surface area contributed by atoms with Crippen molar-refractivity contribution < 1.29 is 4.74 Å². The average molecular weight is 164 g/mol. The lowest BCUT2D eigenvalue weighted by Crippen LogP contribution is -2.19. The predicted octanol–water partition coefficient (Wildman–Crippen LogP) is 1.66. The summed E-state index contributed by atoms with van der Waals surface area (Å²) in [6.07, 6.45) is 5.62. The Morgan fingerprint density at radius 2 is 2.42 bits per heavy atom. The first kappa shape index (κ1) is 7.53. The van der Waals surface area contributed by atoms with Crippen molar-refractivity contribution in [3.63, 3.8) is 0 Å². The van der Waals surface area contributed by atoms with Gasteiger partial charge in [-0.2, -0.15) is 5.10 Å². The molecule has 0 spiro atoms. The molecule has 0 radical (unpaired) electrons. The number of hydrogen-bond acceptors (Lipinski definition) is 3. The molecule has 1 aliphatic rings. The van der Waals surface area contributed by atoms with E-state index >= 15 is 0 Å². The highest BCUT2D eigenvalue weighted by molar-refractivity contribution is 5.05. The topological polar surface area (TPSA) is 35.0 Å². The van der Waals surface area contributed by atoms with Crippen molar-refractivity contribution in [2.75, 3.05) is 6.61 Å². The van der Waals surface area contributed by atoms with E-state index in [4.69, 9.17) is 4.74 Å². The molecule has 1 aliphatic carbocycles. The Morgan fingerprint density at radius 3 is 3.00 bits per heavy atom. The number of nitrogens with zero attached hydrogens (tertiary/aromatic N) is 2. The van der Waals surface area contributed by atoms with E-state index in [0.29, 0.717) is 5.88 Å². The Hall–Kier alpha value is -1.12. The number of rotatable bonds is 3. The van der Waals surface area contributed by atoms with E-state index in [2.05, 4.69) is 10.2 Å². The van der Waals surface area contributed by atoms with Crippen LogP contribution in [0, 0.1) is 5.92 Å². The van der Waals surface area contributed by atoms with Crippen molar-refractivity contribution in [1.29, 1.82) is 0 Å². The van der Waals surface area contributed by atoms with Crippen LogP contribution in [-0.2, 0) is 0 Å². The summed E-state index contributed by atoms with van der Waals surface area (Å²) in [6, 6.07) is 3.68. The molecule has 0 aromatic carbocycles. The van der Waals surface area contributed by atoms with Crippen LogP contribution in [0.1, 0.15) is 19.3 Å². The van der Waals surface area contributed by atoms with Crippen LogP contribution in [0.15, 0.2) is 18.3 Å². The second kappa shape index (κ2) is 3.52. The molecule has 1 saturated carbocycles. The van der Waals surface area contributed by atoms with Crippen molar-refractivity contribution in [3.05, 3.63) is 18.3 Å². The quantitative estimate of drug-likeness (QED) is 0.681. The Morgan fingerprint density at radius 1 is 1.50 bits per heavy atom. The zero-order valence-corrected chi connectivity index (χ0v) is 6.94. The maximum Gasteiger partial charge on any atom is 0.233 e. The molecule has 0 unspecified atom stereocenters. The zero-order valence-electron chi connectivity index (χ0n) is 6.94. The summed E-state index contributed by atoms with van der Waals surface area (Å²) in [5, 5.41) is 7.57. The van der Waals surface area contributed by atoms with Gasteiger partial charge in [-0.05, 0) is 24.8 Å². The molecule has 64 valence electrons. The molecule has 2 rings (SSSR count). The fraction of sp³-hybridized carbons (Fsp3) is 0.556. The molecule has 1 fully saturated rings. The van der Waals surface area contributed by atoms with Crippen molar-refractivity contribution in [2.45, 2.75) is 19.3 Å². The van der Waals surface area contributed by atoms with E-state index in [1.54, 1.807) is 6.20 Å². The third kappa shape index (κ3) is 1.72. The predicted molar refractivity (Wildman–Crippen MR) is 44.9 cm³/mol. The van der Waals surface area contributed by atoms with Crippen LogP contribution >= 0.6 is 0 Å². The molecular formula is C9H12N2O. The summed E-state index contributed by atoms with van der Waals surface area (Å²) in [5.74, 6) is 1.40. The zero-order chi connectivity index (χ0) is 8.23. The van der Waals surface area contributed by atoms with Crippen molar-refractivity contribution in [3.8, 4) is 5.88 Å². The Kier molecular flexibility index (Phi) is 2.21. The van der Waals surface area contributed by atoms with Crippen molar-refractivity contribution >= 4 is 0 Å². The van der Waals surface area contributed by atoms with Crippen molar-refractivity contribution in [2.24, 2.45) is 5.92 Å². The molecule has 0 amide bonds. The highest BCUT2D eigenvalue weighted by atomic mass is 16.5. The average Bonchev–Trinajstić information content (AvgIpc) is 2.04. The van der Waals surface area contributed by atoms with E-state index in [9.17, 15) is 0 Å². The van der Waals surface area contributed by atoms with Crippen LogP contribution < -0.4 is 4.74 Å². The van der Waals surface area contributed by atoms with Gasteiger partial charge in [0.25, 0.3) is 0 Å². The van der Waals surface area contributed by atoms with Gasteiger partial charge in [0.1, 0.15) is 0 Å². The normalized spacial score (nSPS) is 17.0. The second-order valence-electron chi connectivity index (χ2n) is 3.17. The molecule has 1 aromatic rings. The van der Waals surface area contributed by atoms with Gasteiger partial charge < -0.3 is 4.74 Å². The third-order valence-corrected chi connectivity index (χ3v) is 2.24. The van der Waals surface area contributed by atoms with Crippen LogP contribution in [0.5, 0.6) is 5.88 Å². The molecule has 1 heterocycles. The van der Waals surface area contributed by atoms with Gasteiger partial charge in [-0.25, -0.2) is 0 Å². The minimum Gasteiger partial charge on any atom is -0.476 e. The van der Waals surface area contributed by atoms with E-state index in [1.807, 2.05) is 12.1 Å². The maximum atomic E-state index is 5.44. The first-order valence-corrected chi connectivity index (χ1v) is 4.35. The van der Waals surface area contributed by atoms with Gasteiger partial charge in [-0.3, -0.25) is 0 Å². The highest BCUT2D eigenvalue weighted by Crippen LogP contribution is 2.26. The third-order valence-electron chi connectivity index (χ3n) is 2.24. The first-order valence-electron chi connectivity index (χ1n) is 4.35. The summed E-state index contributed by atoms with van der Waals surface area (Å²) in [6.45, 7) is 0.804. The fourth-order valence-corrected chi connectivity index (χ4v) is 1.23. The molecular weight excluding hydrogens is 152 g/mol. The molecule has 12 heavy (non-hydrogen) atoms. The van der Waals surface area contributed by atoms with Gasteiger partial charge in [0.2, 0.25) is 5.88 Å². The summed E-state index contributed by atoms with van der Waals surface area (Å²) >= 11 is 0. The molecule has 0 atom stereocenters. The minimum absolute atomic E-state index is 0.643. The van der Waals surface area contributed by atoms with Gasteiger partial charge in [-0.15, -0.1) is 5.10 Å². The summed E-state index contributed by atoms with van der Waals surface area (Å²) < 4.78 is 5.44. The lowest BCUT2D eigenvalue weighted by molar-refractivity contribution is 0.174. The Labute approximate surface area is 71.8 Å². The SMILES string of the molecule is c1cnnc(OCC2CCC2)c1. The van der Waals surface area contributed by atoms with Crippen molar-refractivity contribution in [1.82, 2.24) is 10.2 Å². The smallest absolute Gasteiger partial charge is 0.233 e. The Bertz CT molecular complexity index is 234. The van der Waals surface area contributed by atoms with E-state index in [0.717, 1.165) is 12.5 Å². The van der Waals surface area contributed by atoms with Crippen LogP contribution in [0.25, 0.3) is 0 Å². The molecule has 3 nitrogen and oxygen atoms in total. The number of hydrogen-bond donors (Lipinski definition) is 0. The second-order valence-corrected chi connectivity index (χ2v) is 3.17. The van der Waals surface area contributed by atoms with Gasteiger partial charge in [0, 0.05) is 12.3 Å². The summed E-state index contributed by atoms with van der Waals surface area (Å²) in [4.78, 5) is 0. The molecule has 0 bridgehead atoms. The maximum absolute atomic E-state index is 5.44. The molecule has 0 aliphatic heterocycles. The van der Waals surface area contributed by atoms with E-state index in [-0.39, 0.29) is 0 Å². The van der Waals surface area contributed by atoms with Crippen LogP contribution in [0.4, 0.5) is 0 Å². The molecule has 0 N–H and O–H groups in total. The van der Waals surface area contributed by atoms with E-state index < -0.39 is 0 Å². The standard InChI is InChI=1S/C9H12N2O/c1-3-8(4-1)7-12-9-5-2-6-10-11-9/h2,5-6,8H,1,3-4,7H2. The van der Waals surface area contributed by atoms with Gasteiger partial charge in [0.05, 0.1) is 6.61 Å². The lowest BCUT2D eigenvalue weighted by atomic mass is 9.86. The lowest BCUT2D eigenvalue weighted by Gasteiger charge is -2.24. The molecule has 0 saturated heterocycles. The van der Waals surface area contributed by atoms with Gasteiger partial charge in [0.15, 0.2) is 0 Å². The summed E-state index contributed by atoms with van der Waals surface area (Å²) in [5.41, 5.74) is 0. The van der Waals surface area contributed by atoms with Gasteiger partial charge >= 0.3 is 0 Å². The summed E-state index contributed by atoms with van der Waals surface area (Å²) in [7, 11) is 0. The van der Waals surface area contributed by atoms with Crippen LogP contribution in [0.2, 0.25) is 0 Å². The number of ether oxygens (including phenoxy) is 1. The Balaban J connectivity index is 1.79. The first-order chi connectivity index (χ1) is 5.95. The monoisotopic (exact) mass is 164 g/mol. The van der Waals surface area contributed by atoms with Crippen LogP contribution in [0.3, 0.4) is 0 Å².